The number of hydrogen-bond donors (Lipinski definition) is 1. The molecule has 1 aliphatic rings. The van der Waals surface area contributed by atoms with Crippen molar-refractivity contribution in [2.45, 2.75) is 45.6 Å². The van der Waals surface area contributed by atoms with E-state index < -0.39 is 0 Å². The Morgan fingerprint density at radius 2 is 2.17 bits per heavy atom. The second-order valence-corrected chi connectivity index (χ2v) is 5.37. The van der Waals surface area contributed by atoms with Crippen LogP contribution in [0.4, 0.5) is 11.4 Å². The van der Waals surface area contributed by atoms with E-state index in [1.807, 2.05) is 13.0 Å². The summed E-state index contributed by atoms with van der Waals surface area (Å²) >= 11 is 0. The third-order valence-electron chi connectivity index (χ3n) is 3.72. The summed E-state index contributed by atoms with van der Waals surface area (Å²) in [5.41, 5.74) is 2.14. The molecule has 18 heavy (non-hydrogen) atoms. The molecule has 1 fully saturated rings. The molecule has 1 aliphatic carbocycles. The van der Waals surface area contributed by atoms with Crippen LogP contribution in [-0.4, -0.2) is 11.0 Å². The monoisotopic (exact) mass is 248 g/mol. The summed E-state index contributed by atoms with van der Waals surface area (Å²) in [5, 5.41) is 14.2. The Morgan fingerprint density at radius 1 is 1.39 bits per heavy atom. The Balaban J connectivity index is 2.07. The van der Waals surface area contributed by atoms with E-state index in [4.69, 9.17) is 0 Å². The lowest BCUT2D eigenvalue weighted by molar-refractivity contribution is -0.384. The van der Waals surface area contributed by atoms with Gasteiger partial charge in [0.2, 0.25) is 0 Å². The van der Waals surface area contributed by atoms with Gasteiger partial charge < -0.3 is 5.32 Å². The lowest BCUT2D eigenvalue weighted by Crippen LogP contribution is -2.26. The zero-order chi connectivity index (χ0) is 13.1. The largest absolute Gasteiger partial charge is 0.382 e. The molecule has 0 bridgehead atoms. The molecule has 98 valence electrons. The number of nitrogens with zero attached hydrogens (tertiary/aromatic N) is 1. The van der Waals surface area contributed by atoms with Crippen LogP contribution in [0.25, 0.3) is 0 Å². The normalized spacial score (nSPS) is 23.7. The van der Waals surface area contributed by atoms with Crippen LogP contribution in [0.3, 0.4) is 0 Å². The molecule has 0 amide bonds. The molecule has 0 spiro atoms. The molecule has 0 aromatic heterocycles. The van der Waals surface area contributed by atoms with Crippen LogP contribution in [-0.2, 0) is 0 Å². The Labute approximate surface area is 108 Å². The van der Waals surface area contributed by atoms with Gasteiger partial charge in [-0.25, -0.2) is 0 Å². The Morgan fingerprint density at radius 3 is 2.78 bits per heavy atom. The van der Waals surface area contributed by atoms with Crippen LogP contribution in [0, 0.1) is 23.0 Å². The summed E-state index contributed by atoms with van der Waals surface area (Å²) in [4.78, 5) is 10.3. The van der Waals surface area contributed by atoms with E-state index in [1.165, 1.54) is 25.7 Å². The van der Waals surface area contributed by atoms with Crippen molar-refractivity contribution in [1.29, 1.82) is 0 Å². The predicted octanol–water partition coefficient (Wildman–Crippen LogP) is 3.89. The van der Waals surface area contributed by atoms with E-state index in [9.17, 15) is 10.1 Å². The van der Waals surface area contributed by atoms with Crippen LogP contribution in [0.1, 0.15) is 38.2 Å². The number of nitro benzene ring substituents is 1. The minimum Gasteiger partial charge on any atom is -0.382 e. The maximum atomic E-state index is 10.7. The van der Waals surface area contributed by atoms with Crippen molar-refractivity contribution < 1.29 is 4.92 Å². The number of hydrogen-bond acceptors (Lipinski definition) is 3. The number of aryl methyl sites for hydroxylation is 1. The first-order valence-corrected chi connectivity index (χ1v) is 6.58. The van der Waals surface area contributed by atoms with Crippen molar-refractivity contribution in [2.24, 2.45) is 5.92 Å². The van der Waals surface area contributed by atoms with Gasteiger partial charge in [-0.3, -0.25) is 10.1 Å². The number of non-ortho nitro benzene ring substituents is 1. The number of nitrogens with one attached hydrogen (secondary N) is 1. The van der Waals surface area contributed by atoms with Crippen molar-refractivity contribution in [3.63, 3.8) is 0 Å². The van der Waals surface area contributed by atoms with Crippen molar-refractivity contribution in [3.05, 3.63) is 33.9 Å². The van der Waals surface area contributed by atoms with Gasteiger partial charge >= 0.3 is 0 Å². The quantitative estimate of drug-likeness (QED) is 0.652. The van der Waals surface area contributed by atoms with E-state index in [-0.39, 0.29) is 10.6 Å². The number of nitro groups is 1. The average molecular weight is 248 g/mol. The van der Waals surface area contributed by atoms with Crippen LogP contribution >= 0.6 is 0 Å². The molecule has 0 saturated heterocycles. The van der Waals surface area contributed by atoms with Crippen LogP contribution < -0.4 is 5.32 Å². The average Bonchev–Trinajstić information content (AvgIpc) is 2.31. The first-order valence-electron chi connectivity index (χ1n) is 6.58. The molecule has 0 radical (unpaired) electrons. The highest BCUT2D eigenvalue weighted by molar-refractivity contribution is 5.55. The SMILES string of the molecule is Cc1cc([N+](=O)[O-])ccc1NC1CCCC(C)C1. The van der Waals surface area contributed by atoms with Gasteiger partial charge in [0.25, 0.3) is 5.69 Å². The Bertz CT molecular complexity index is 445. The molecule has 4 heteroatoms. The summed E-state index contributed by atoms with van der Waals surface area (Å²) in [5.74, 6) is 0.773. The molecule has 0 aliphatic heterocycles. The van der Waals surface area contributed by atoms with Gasteiger partial charge in [-0.15, -0.1) is 0 Å². The van der Waals surface area contributed by atoms with Gasteiger partial charge in [0, 0.05) is 23.9 Å². The fourth-order valence-electron chi connectivity index (χ4n) is 2.71. The summed E-state index contributed by atoms with van der Waals surface area (Å²) < 4.78 is 0. The van der Waals surface area contributed by atoms with E-state index in [0.29, 0.717) is 6.04 Å². The molecule has 1 aromatic rings. The lowest BCUT2D eigenvalue weighted by atomic mass is 9.87. The van der Waals surface area contributed by atoms with E-state index in [1.54, 1.807) is 12.1 Å². The number of benzene rings is 1. The van der Waals surface area contributed by atoms with Gasteiger partial charge in [0.1, 0.15) is 0 Å². The summed E-state index contributed by atoms with van der Waals surface area (Å²) in [6.45, 7) is 4.21. The minimum atomic E-state index is -0.348. The highest BCUT2D eigenvalue weighted by Crippen LogP contribution is 2.28. The first-order chi connectivity index (χ1) is 8.56. The fraction of sp³-hybridized carbons (Fsp3) is 0.571. The van der Waals surface area contributed by atoms with E-state index in [0.717, 1.165) is 17.2 Å². The van der Waals surface area contributed by atoms with Gasteiger partial charge in [0.15, 0.2) is 0 Å². The number of anilines is 1. The summed E-state index contributed by atoms with van der Waals surface area (Å²) in [7, 11) is 0. The Kier molecular flexibility index (Phi) is 3.84. The van der Waals surface area contributed by atoms with Crippen LogP contribution in [0.2, 0.25) is 0 Å². The Hall–Kier alpha value is -1.58. The number of rotatable bonds is 3. The maximum absolute atomic E-state index is 10.7. The minimum absolute atomic E-state index is 0.162. The van der Waals surface area contributed by atoms with Crippen LogP contribution in [0.5, 0.6) is 0 Å². The molecule has 2 rings (SSSR count). The van der Waals surface area contributed by atoms with Gasteiger partial charge in [-0.05, 0) is 37.3 Å². The molecular weight excluding hydrogens is 228 g/mol. The predicted molar refractivity (Wildman–Crippen MR) is 72.9 cm³/mol. The molecule has 4 nitrogen and oxygen atoms in total. The van der Waals surface area contributed by atoms with Crippen molar-refractivity contribution in [3.8, 4) is 0 Å². The zero-order valence-corrected chi connectivity index (χ0v) is 11.0. The molecule has 2 atom stereocenters. The fourth-order valence-corrected chi connectivity index (χ4v) is 2.71. The lowest BCUT2D eigenvalue weighted by Gasteiger charge is -2.28. The van der Waals surface area contributed by atoms with Crippen molar-refractivity contribution in [2.75, 3.05) is 5.32 Å². The van der Waals surface area contributed by atoms with Crippen LogP contribution in [0.15, 0.2) is 18.2 Å². The molecule has 2 unspecified atom stereocenters. The van der Waals surface area contributed by atoms with Gasteiger partial charge in [-0.1, -0.05) is 19.8 Å². The third kappa shape index (κ3) is 3.00. The van der Waals surface area contributed by atoms with E-state index >= 15 is 0 Å². The first kappa shape index (κ1) is 12.9. The molecule has 1 aromatic carbocycles. The van der Waals surface area contributed by atoms with Gasteiger partial charge in [0.05, 0.1) is 4.92 Å². The van der Waals surface area contributed by atoms with Gasteiger partial charge in [-0.2, -0.15) is 0 Å². The molecule has 1 N–H and O–H groups in total. The second kappa shape index (κ2) is 5.38. The highest BCUT2D eigenvalue weighted by atomic mass is 16.6. The summed E-state index contributed by atoms with van der Waals surface area (Å²) in [6.07, 6.45) is 4.97. The second-order valence-electron chi connectivity index (χ2n) is 5.37. The van der Waals surface area contributed by atoms with E-state index in [2.05, 4.69) is 12.2 Å². The standard InChI is InChI=1S/C14H20N2O2/c1-10-4-3-5-12(8-10)15-14-7-6-13(16(17)18)9-11(14)2/h6-7,9-10,12,15H,3-5,8H2,1-2H3. The molecule has 1 saturated carbocycles. The maximum Gasteiger partial charge on any atom is 0.269 e. The molecule has 0 heterocycles. The smallest absolute Gasteiger partial charge is 0.269 e. The van der Waals surface area contributed by atoms with Crippen molar-refractivity contribution >= 4 is 11.4 Å². The highest BCUT2D eigenvalue weighted by Gasteiger charge is 2.19. The zero-order valence-electron chi connectivity index (χ0n) is 11.0. The topological polar surface area (TPSA) is 55.2 Å². The third-order valence-corrected chi connectivity index (χ3v) is 3.72. The van der Waals surface area contributed by atoms with Crippen molar-refractivity contribution in [1.82, 2.24) is 0 Å². The molecular formula is C14H20N2O2. The summed E-state index contributed by atoms with van der Waals surface area (Å²) in [6, 6.07) is 5.54.